The largest absolute Gasteiger partial charge is 0.380 e. The third kappa shape index (κ3) is 3.29. The lowest BCUT2D eigenvalue weighted by molar-refractivity contribution is -0.117. The van der Waals surface area contributed by atoms with Crippen LogP contribution < -0.4 is 11.1 Å². The van der Waals surface area contributed by atoms with Crippen LogP contribution in [-0.4, -0.2) is 10.9 Å². The van der Waals surface area contributed by atoms with Gasteiger partial charge in [0.25, 0.3) is 0 Å². The summed E-state index contributed by atoms with van der Waals surface area (Å²) in [5.41, 5.74) is 8.87. The van der Waals surface area contributed by atoms with Gasteiger partial charge in [-0.25, -0.2) is 0 Å². The number of nitrogens with zero attached hydrogens (tertiary/aromatic N) is 1. The highest BCUT2D eigenvalue weighted by Crippen LogP contribution is 2.17. The van der Waals surface area contributed by atoms with Gasteiger partial charge in [0.2, 0.25) is 5.91 Å². The summed E-state index contributed by atoms with van der Waals surface area (Å²) in [6.45, 7) is 0.709. The Hall–Kier alpha value is -1.88. The van der Waals surface area contributed by atoms with Gasteiger partial charge in [0.05, 0.1) is 18.5 Å². The highest BCUT2D eigenvalue weighted by molar-refractivity contribution is 7.09. The Morgan fingerprint density at radius 1 is 1.41 bits per heavy atom. The van der Waals surface area contributed by atoms with Crippen molar-refractivity contribution in [3.05, 3.63) is 46.4 Å². The van der Waals surface area contributed by atoms with Gasteiger partial charge in [0.1, 0.15) is 0 Å². The van der Waals surface area contributed by atoms with Crippen LogP contribution in [0.15, 0.2) is 36.0 Å². The molecule has 3 N–H and O–H groups in total. The lowest BCUT2D eigenvalue weighted by atomic mass is 10.1. The monoisotopic (exact) mass is 247 g/mol. The van der Waals surface area contributed by atoms with Crippen LogP contribution in [0.4, 0.5) is 5.69 Å². The summed E-state index contributed by atoms with van der Waals surface area (Å²) in [5.74, 6) is -0.322. The van der Waals surface area contributed by atoms with E-state index in [0.29, 0.717) is 6.54 Å². The van der Waals surface area contributed by atoms with Crippen molar-refractivity contribution in [3.63, 3.8) is 0 Å². The first kappa shape index (κ1) is 11.6. The molecule has 2 aromatic rings. The molecular weight excluding hydrogens is 234 g/mol. The van der Waals surface area contributed by atoms with Crippen molar-refractivity contribution in [2.75, 3.05) is 5.32 Å². The van der Waals surface area contributed by atoms with Gasteiger partial charge in [-0.2, -0.15) is 0 Å². The number of primary amides is 1. The number of carbonyl (C=O) groups excluding carboxylic acids is 1. The maximum atomic E-state index is 10.9. The number of carbonyl (C=O) groups is 1. The minimum absolute atomic E-state index is 0.256. The predicted octanol–water partition coefficient (Wildman–Crippen LogP) is 1.78. The van der Waals surface area contributed by atoms with E-state index < -0.39 is 0 Å². The number of nitrogens with one attached hydrogen (secondary N) is 1. The maximum absolute atomic E-state index is 10.9. The van der Waals surface area contributed by atoms with Crippen LogP contribution in [0.5, 0.6) is 0 Å². The second-order valence-corrected chi connectivity index (χ2v) is 4.59. The van der Waals surface area contributed by atoms with E-state index in [1.54, 1.807) is 16.8 Å². The standard InChI is InChI=1S/C12H13N3OS/c13-12(16)5-9-3-1-2-4-11(9)15-7-10-6-14-8-17-10/h1-4,6,8,15H,5,7H2,(H2,13,16). The van der Waals surface area contributed by atoms with E-state index in [1.807, 2.05) is 30.5 Å². The number of para-hydroxylation sites is 1. The van der Waals surface area contributed by atoms with Gasteiger partial charge in [-0.15, -0.1) is 11.3 Å². The Labute approximate surface area is 103 Å². The highest BCUT2D eigenvalue weighted by Gasteiger charge is 2.04. The molecule has 0 bridgehead atoms. The molecule has 1 amide bonds. The second-order valence-electron chi connectivity index (χ2n) is 3.62. The fourth-order valence-corrected chi connectivity index (χ4v) is 2.08. The number of nitrogens with two attached hydrogens (primary N) is 1. The molecule has 1 aromatic heterocycles. The molecule has 0 unspecified atom stereocenters. The number of rotatable bonds is 5. The topological polar surface area (TPSA) is 68.0 Å². The number of aromatic nitrogens is 1. The van der Waals surface area contributed by atoms with Crippen molar-refractivity contribution in [2.24, 2.45) is 5.73 Å². The number of hydrogen-bond donors (Lipinski definition) is 2. The molecular formula is C12H13N3OS. The first-order valence-corrected chi connectivity index (χ1v) is 6.11. The Morgan fingerprint density at radius 2 is 2.24 bits per heavy atom. The van der Waals surface area contributed by atoms with Crippen LogP contribution in [-0.2, 0) is 17.8 Å². The third-order valence-corrected chi connectivity index (χ3v) is 3.10. The van der Waals surface area contributed by atoms with Gasteiger partial charge >= 0.3 is 0 Å². The summed E-state index contributed by atoms with van der Waals surface area (Å²) in [4.78, 5) is 16.1. The number of anilines is 1. The van der Waals surface area contributed by atoms with Gasteiger partial charge in [-0.1, -0.05) is 18.2 Å². The Balaban J connectivity index is 2.06. The average Bonchev–Trinajstić information content (AvgIpc) is 2.80. The summed E-state index contributed by atoms with van der Waals surface area (Å²) >= 11 is 1.60. The predicted molar refractivity (Wildman–Crippen MR) is 68.8 cm³/mol. The van der Waals surface area contributed by atoms with Crippen LogP contribution in [0, 0.1) is 0 Å². The minimum Gasteiger partial charge on any atom is -0.380 e. The summed E-state index contributed by atoms with van der Waals surface area (Å²) in [6.07, 6.45) is 2.08. The summed E-state index contributed by atoms with van der Waals surface area (Å²) in [7, 11) is 0. The van der Waals surface area contributed by atoms with Gasteiger partial charge in [0.15, 0.2) is 0 Å². The second kappa shape index (κ2) is 5.45. The molecule has 0 spiro atoms. The van der Waals surface area contributed by atoms with Crippen molar-refractivity contribution in [1.29, 1.82) is 0 Å². The van der Waals surface area contributed by atoms with E-state index in [2.05, 4.69) is 10.3 Å². The molecule has 0 atom stereocenters. The minimum atomic E-state index is -0.322. The Bertz CT molecular complexity index is 496. The number of benzene rings is 1. The molecule has 0 saturated carbocycles. The van der Waals surface area contributed by atoms with E-state index >= 15 is 0 Å². The van der Waals surface area contributed by atoms with Crippen molar-refractivity contribution < 1.29 is 4.79 Å². The van der Waals surface area contributed by atoms with E-state index in [1.165, 1.54) is 0 Å². The van der Waals surface area contributed by atoms with Crippen LogP contribution in [0.2, 0.25) is 0 Å². The fraction of sp³-hybridized carbons (Fsp3) is 0.167. The zero-order valence-electron chi connectivity index (χ0n) is 9.22. The van der Waals surface area contributed by atoms with Crippen molar-refractivity contribution >= 4 is 22.9 Å². The third-order valence-electron chi connectivity index (χ3n) is 2.32. The molecule has 2 rings (SSSR count). The molecule has 4 nitrogen and oxygen atoms in total. The Kier molecular flexibility index (Phi) is 3.72. The molecule has 0 aliphatic heterocycles. The summed E-state index contributed by atoms with van der Waals surface area (Å²) < 4.78 is 0. The number of amides is 1. The van der Waals surface area contributed by atoms with Gasteiger partial charge in [0, 0.05) is 16.8 Å². The number of thiazole rings is 1. The van der Waals surface area contributed by atoms with Crippen molar-refractivity contribution in [2.45, 2.75) is 13.0 Å². The molecule has 5 heteroatoms. The van der Waals surface area contributed by atoms with E-state index in [0.717, 1.165) is 16.1 Å². The van der Waals surface area contributed by atoms with Crippen LogP contribution in [0.1, 0.15) is 10.4 Å². The van der Waals surface area contributed by atoms with Crippen LogP contribution in [0.3, 0.4) is 0 Å². The SMILES string of the molecule is NC(=O)Cc1ccccc1NCc1cncs1. The van der Waals surface area contributed by atoms with E-state index in [9.17, 15) is 4.79 Å². The fourth-order valence-electron chi connectivity index (χ4n) is 1.55. The first-order chi connectivity index (χ1) is 8.25. The zero-order valence-corrected chi connectivity index (χ0v) is 10.0. The molecule has 1 aromatic carbocycles. The molecule has 88 valence electrons. The smallest absolute Gasteiger partial charge is 0.221 e. The molecule has 0 radical (unpaired) electrons. The maximum Gasteiger partial charge on any atom is 0.221 e. The quantitative estimate of drug-likeness (QED) is 0.846. The highest BCUT2D eigenvalue weighted by atomic mass is 32.1. The van der Waals surface area contributed by atoms with Crippen LogP contribution >= 0.6 is 11.3 Å². The van der Waals surface area contributed by atoms with Crippen LogP contribution in [0.25, 0.3) is 0 Å². The Morgan fingerprint density at radius 3 is 2.94 bits per heavy atom. The van der Waals surface area contributed by atoms with Gasteiger partial charge in [-0.05, 0) is 11.6 Å². The lowest BCUT2D eigenvalue weighted by Crippen LogP contribution is -2.15. The van der Waals surface area contributed by atoms with E-state index in [-0.39, 0.29) is 12.3 Å². The molecule has 17 heavy (non-hydrogen) atoms. The molecule has 1 heterocycles. The summed E-state index contributed by atoms with van der Waals surface area (Å²) in [5, 5.41) is 3.28. The lowest BCUT2D eigenvalue weighted by Gasteiger charge is -2.09. The van der Waals surface area contributed by atoms with Gasteiger partial charge in [-0.3, -0.25) is 9.78 Å². The summed E-state index contributed by atoms with van der Waals surface area (Å²) in [6, 6.07) is 7.68. The van der Waals surface area contributed by atoms with Crippen molar-refractivity contribution in [1.82, 2.24) is 4.98 Å². The zero-order chi connectivity index (χ0) is 12.1. The first-order valence-electron chi connectivity index (χ1n) is 5.23. The molecule has 0 saturated heterocycles. The molecule has 0 fully saturated rings. The molecule has 0 aliphatic rings. The van der Waals surface area contributed by atoms with Crippen molar-refractivity contribution in [3.8, 4) is 0 Å². The van der Waals surface area contributed by atoms with E-state index in [4.69, 9.17) is 5.73 Å². The van der Waals surface area contributed by atoms with Gasteiger partial charge < -0.3 is 11.1 Å². The molecule has 0 aliphatic carbocycles. The average molecular weight is 247 g/mol. The normalized spacial score (nSPS) is 10.1. The number of hydrogen-bond acceptors (Lipinski definition) is 4.